The zero-order valence-electron chi connectivity index (χ0n) is 42.1. The van der Waals surface area contributed by atoms with Crippen molar-refractivity contribution in [1.82, 2.24) is 39.3 Å². The maximum Gasteiger partial charge on any atom is 0.240 e. The second kappa shape index (κ2) is 28.9. The first kappa shape index (κ1) is 58.5. The summed E-state index contributed by atoms with van der Waals surface area (Å²) in [6, 6.07) is 35.4. The Labute approximate surface area is 430 Å². The Bertz CT molecular complexity index is 2660. The Balaban J connectivity index is 1.14. The molecule has 20 heteroatoms. The fourth-order valence-electron chi connectivity index (χ4n) is 7.59. The Morgan fingerprint density at radius 3 is 0.819 bits per heavy atom. The monoisotopic (exact) mass is 1070 g/mol. The van der Waals surface area contributed by atoms with Crippen LogP contribution in [0.15, 0.2) is 141 Å². The molecule has 0 aliphatic heterocycles. The molecule has 0 bridgehead atoms. The van der Waals surface area contributed by atoms with Crippen LogP contribution in [0.4, 0.5) is 0 Å². The molecule has 0 atom stereocenters. The van der Waals surface area contributed by atoms with Gasteiger partial charge in [-0.1, -0.05) is 95.1 Å². The van der Waals surface area contributed by atoms with Crippen molar-refractivity contribution in [2.45, 2.75) is 86.0 Å². The normalized spacial score (nSPS) is 12.5. The van der Waals surface area contributed by atoms with E-state index in [2.05, 4.69) is 63.6 Å². The first-order valence-corrected chi connectivity index (χ1v) is 30.4. The van der Waals surface area contributed by atoms with Gasteiger partial charge < -0.3 is 10.6 Å². The van der Waals surface area contributed by atoms with Gasteiger partial charge >= 0.3 is 0 Å². The third-order valence-electron chi connectivity index (χ3n) is 11.9. The Kier molecular flexibility index (Phi) is 23.4. The van der Waals surface area contributed by atoms with E-state index >= 15 is 0 Å². The predicted octanol–water partition coefficient (Wildman–Crippen LogP) is 5.18. The molecule has 6 N–H and O–H groups in total. The summed E-state index contributed by atoms with van der Waals surface area (Å²) in [6.45, 7) is 15.1. The summed E-state index contributed by atoms with van der Waals surface area (Å²) >= 11 is 0. The van der Waals surface area contributed by atoms with Crippen LogP contribution in [0.25, 0.3) is 0 Å². The summed E-state index contributed by atoms with van der Waals surface area (Å²) in [5.74, 6) is 0. The Morgan fingerprint density at radius 2 is 0.556 bits per heavy atom. The van der Waals surface area contributed by atoms with Gasteiger partial charge in [0.2, 0.25) is 40.1 Å². The zero-order chi connectivity index (χ0) is 52.0. The highest BCUT2D eigenvalue weighted by molar-refractivity contribution is 7.90. The van der Waals surface area contributed by atoms with E-state index in [1.165, 1.54) is 0 Å². The van der Waals surface area contributed by atoms with Crippen molar-refractivity contribution in [2.75, 3.05) is 78.5 Å². The van der Waals surface area contributed by atoms with Gasteiger partial charge in [0.1, 0.15) is 0 Å². The van der Waals surface area contributed by atoms with Crippen molar-refractivity contribution in [3.8, 4) is 0 Å². The van der Waals surface area contributed by atoms with Crippen LogP contribution in [0.2, 0.25) is 0 Å². The number of hydrogen-bond acceptors (Lipinski definition) is 12. The molecular formula is C52H74N8O8S4. The minimum absolute atomic E-state index is 0.227. The summed E-state index contributed by atoms with van der Waals surface area (Å²) in [4.78, 5) is 5.47. The molecule has 0 heterocycles. The number of hydrogen-bond donors (Lipinski definition) is 6. The van der Waals surface area contributed by atoms with E-state index in [9.17, 15) is 33.7 Å². The van der Waals surface area contributed by atoms with Crippen LogP contribution < -0.4 is 29.5 Å². The van der Waals surface area contributed by atoms with E-state index in [1.54, 1.807) is 97.1 Å². The quantitative estimate of drug-likeness (QED) is 0.0294. The predicted molar refractivity (Wildman–Crippen MR) is 287 cm³/mol. The third kappa shape index (κ3) is 20.5. The van der Waals surface area contributed by atoms with Crippen LogP contribution in [-0.4, -0.2) is 122 Å². The molecular weight excluding hydrogens is 993 g/mol. The van der Waals surface area contributed by atoms with E-state index in [4.69, 9.17) is 0 Å². The van der Waals surface area contributed by atoms with Gasteiger partial charge in [0.25, 0.3) is 0 Å². The first-order chi connectivity index (χ1) is 34.3. The molecule has 72 heavy (non-hydrogen) atoms. The molecule has 0 spiro atoms. The van der Waals surface area contributed by atoms with Gasteiger partial charge in [-0.3, -0.25) is 9.80 Å². The van der Waals surface area contributed by atoms with Crippen molar-refractivity contribution in [3.63, 3.8) is 0 Å². The maximum absolute atomic E-state index is 13.0. The molecule has 5 rings (SSSR count). The molecule has 0 aliphatic carbocycles. The van der Waals surface area contributed by atoms with Crippen molar-refractivity contribution in [2.24, 2.45) is 0 Å². The van der Waals surface area contributed by atoms with E-state index in [0.717, 1.165) is 33.4 Å². The van der Waals surface area contributed by atoms with E-state index in [1.807, 2.05) is 27.7 Å². The molecule has 0 unspecified atom stereocenters. The summed E-state index contributed by atoms with van der Waals surface area (Å²) < 4.78 is 114. The van der Waals surface area contributed by atoms with Crippen LogP contribution in [0.1, 0.15) is 59.1 Å². The average molecular weight is 1070 g/mol. The highest BCUT2D eigenvalue weighted by atomic mass is 32.2. The topological polar surface area (TPSA) is 215 Å². The molecule has 5 aromatic rings. The van der Waals surface area contributed by atoms with E-state index in [-0.39, 0.29) is 32.7 Å². The van der Waals surface area contributed by atoms with Gasteiger partial charge in [-0.05, 0) is 139 Å². The number of nitrogens with zero attached hydrogens (tertiary/aromatic N) is 2. The number of nitrogens with one attached hydrogen (secondary N) is 6. The fraction of sp³-hybridized carbons (Fsp3) is 0.423. The summed E-state index contributed by atoms with van der Waals surface area (Å²) in [5, 5.41) is 6.85. The van der Waals surface area contributed by atoms with Crippen LogP contribution in [-0.2, 0) is 53.2 Å². The van der Waals surface area contributed by atoms with Crippen molar-refractivity contribution in [3.05, 3.63) is 155 Å². The molecule has 0 aromatic heterocycles. The fourth-order valence-corrected chi connectivity index (χ4v) is 11.9. The van der Waals surface area contributed by atoms with Gasteiger partial charge in [-0.25, -0.2) is 52.6 Å². The summed E-state index contributed by atoms with van der Waals surface area (Å²) in [6.07, 6.45) is 2.36. The molecule has 0 fully saturated rings. The number of rotatable bonds is 34. The molecule has 0 aliphatic rings. The SMILES string of the molecule is Cc1ccc(S(=O)(=O)NCCCNCCN(CCCNS(=O)(=O)c2ccc(C)cc2)Cc2ccc(CN(CCCNS(=O)(=O)c3ccc(C)cc3)CCNCCCNS(=O)(=O)c3ccc(C)cc3)cc2)cc1. The lowest BCUT2D eigenvalue weighted by molar-refractivity contribution is 0.260. The standard InChI is InChI=1S/C52H74N8O8S4/c1-43-9-21-49(22-10-43)69(61,62)55-31-5-29-53-35-39-59(37-7-33-57-71(65,66)51-25-13-45(3)14-26-51)41-47-17-19-48(20-18-47)42-60(38-8-34-58-72(67,68)52-27-15-46(4)16-28-52)40-36-54-30-6-32-56-70(63,64)50-23-11-44(2)12-24-50/h9-28,53-58H,5-8,29-42H2,1-4H3. The van der Waals surface area contributed by atoms with Crippen molar-refractivity contribution in [1.29, 1.82) is 0 Å². The van der Waals surface area contributed by atoms with Gasteiger partial charge in [0, 0.05) is 65.4 Å². The highest BCUT2D eigenvalue weighted by Crippen LogP contribution is 2.15. The number of aryl methyl sites for hydroxylation is 4. The molecule has 0 amide bonds. The van der Waals surface area contributed by atoms with E-state index < -0.39 is 40.1 Å². The smallest absolute Gasteiger partial charge is 0.240 e. The molecule has 394 valence electrons. The summed E-state index contributed by atoms with van der Waals surface area (Å²) in [5.41, 5.74) is 6.09. The van der Waals surface area contributed by atoms with Gasteiger partial charge in [-0.2, -0.15) is 0 Å². The van der Waals surface area contributed by atoms with Crippen LogP contribution in [0, 0.1) is 27.7 Å². The first-order valence-electron chi connectivity index (χ1n) is 24.5. The van der Waals surface area contributed by atoms with Gasteiger partial charge in [0.05, 0.1) is 19.6 Å². The zero-order valence-corrected chi connectivity index (χ0v) is 45.3. The minimum Gasteiger partial charge on any atom is -0.315 e. The van der Waals surface area contributed by atoms with Gasteiger partial charge in [0.15, 0.2) is 0 Å². The van der Waals surface area contributed by atoms with Gasteiger partial charge in [-0.15, -0.1) is 0 Å². The molecule has 0 saturated carbocycles. The second-order valence-electron chi connectivity index (χ2n) is 18.1. The van der Waals surface area contributed by atoms with Crippen LogP contribution >= 0.6 is 0 Å². The number of benzene rings is 5. The molecule has 5 aromatic carbocycles. The highest BCUT2D eigenvalue weighted by Gasteiger charge is 2.17. The van der Waals surface area contributed by atoms with Crippen molar-refractivity contribution >= 4 is 40.1 Å². The Hall–Kier alpha value is -4.42. The molecule has 16 nitrogen and oxygen atoms in total. The van der Waals surface area contributed by atoms with E-state index in [0.29, 0.717) is 104 Å². The lowest BCUT2D eigenvalue weighted by Crippen LogP contribution is -2.35. The van der Waals surface area contributed by atoms with Crippen LogP contribution in [0.5, 0.6) is 0 Å². The minimum atomic E-state index is -3.65. The van der Waals surface area contributed by atoms with Crippen molar-refractivity contribution < 1.29 is 33.7 Å². The lowest BCUT2D eigenvalue weighted by atomic mass is 10.1. The number of sulfonamides is 4. The average Bonchev–Trinajstić information content (AvgIpc) is 3.34. The summed E-state index contributed by atoms with van der Waals surface area (Å²) in [7, 11) is -14.5. The lowest BCUT2D eigenvalue weighted by Gasteiger charge is -2.24. The largest absolute Gasteiger partial charge is 0.315 e. The second-order valence-corrected chi connectivity index (χ2v) is 25.2. The molecule has 0 radical (unpaired) electrons. The van der Waals surface area contributed by atoms with Crippen LogP contribution in [0.3, 0.4) is 0 Å². The third-order valence-corrected chi connectivity index (χ3v) is 17.8. The Morgan fingerprint density at radius 1 is 0.306 bits per heavy atom. The molecule has 0 saturated heterocycles. The maximum atomic E-state index is 13.0.